The predicted molar refractivity (Wildman–Crippen MR) is 110 cm³/mol. The van der Waals surface area contributed by atoms with Gasteiger partial charge in [0.25, 0.3) is 0 Å². The van der Waals surface area contributed by atoms with Crippen LogP contribution in [0.15, 0.2) is 60.4 Å². The number of nitrogens with zero attached hydrogens (tertiary/aromatic N) is 1. The van der Waals surface area contributed by atoms with E-state index in [2.05, 4.69) is 63.3 Å². The molecule has 0 spiro atoms. The molecule has 3 N–H and O–H groups in total. The number of fused-ring (bicyclic) bond motifs is 1. The highest BCUT2D eigenvalue weighted by atomic mass is 14.9. The van der Waals surface area contributed by atoms with E-state index < -0.39 is 0 Å². The van der Waals surface area contributed by atoms with Crippen molar-refractivity contribution >= 4 is 5.82 Å². The maximum Gasteiger partial charge on any atom is 0.123 e. The summed E-state index contributed by atoms with van der Waals surface area (Å²) in [5.74, 6) is 0.576. The SMILES string of the molecule is C=C/C(C)=C\C(=C(/C)NC)C1(C=C)Cc2ccc(N)nc2C1.CCC. The molecule has 136 valence electrons. The van der Waals surface area contributed by atoms with Crippen molar-refractivity contribution in [1.29, 1.82) is 0 Å². The third-order valence-corrected chi connectivity index (χ3v) is 4.48. The standard InChI is InChI=1S/C19H25N3.C3H8/c1-6-13(3)10-16(14(4)21-5)19(7-2)11-15-8-9-18(20)22-17(15)12-19;1-3-2/h6-10,21H,1-2,11-12H2,3-5H3,(H2,20,22);3H2,1-2H3/b13-10-,16-14-;. The van der Waals surface area contributed by atoms with Gasteiger partial charge < -0.3 is 11.1 Å². The molecule has 0 bridgehead atoms. The molecule has 1 aliphatic rings. The Labute approximate surface area is 153 Å². The van der Waals surface area contributed by atoms with E-state index in [1.165, 1.54) is 17.6 Å². The van der Waals surface area contributed by atoms with Gasteiger partial charge in [-0.1, -0.05) is 56.7 Å². The molecule has 0 radical (unpaired) electrons. The second-order valence-electron chi connectivity index (χ2n) is 6.64. The van der Waals surface area contributed by atoms with Crippen LogP contribution in [-0.2, 0) is 12.8 Å². The average molecular weight is 340 g/mol. The number of anilines is 1. The largest absolute Gasteiger partial charge is 0.391 e. The Hall–Kier alpha value is -2.29. The lowest BCUT2D eigenvalue weighted by molar-refractivity contribution is 0.493. The number of hydrogen-bond donors (Lipinski definition) is 2. The van der Waals surface area contributed by atoms with Gasteiger partial charge in [0, 0.05) is 30.3 Å². The highest BCUT2D eigenvalue weighted by Gasteiger charge is 2.39. The summed E-state index contributed by atoms with van der Waals surface area (Å²) in [5.41, 5.74) is 11.5. The fraction of sp³-hybridized carbons (Fsp3) is 0.409. The lowest BCUT2D eigenvalue weighted by atomic mass is 9.76. The van der Waals surface area contributed by atoms with Gasteiger partial charge in [-0.2, -0.15) is 0 Å². The predicted octanol–water partition coefficient (Wildman–Crippen LogP) is 4.98. The molecule has 0 amide bonds. The van der Waals surface area contributed by atoms with Gasteiger partial charge in [0.15, 0.2) is 0 Å². The minimum absolute atomic E-state index is 0.152. The Morgan fingerprint density at radius 2 is 1.92 bits per heavy atom. The highest BCUT2D eigenvalue weighted by molar-refractivity contribution is 5.47. The minimum Gasteiger partial charge on any atom is -0.391 e. The average Bonchev–Trinajstić information content (AvgIpc) is 2.98. The van der Waals surface area contributed by atoms with Crippen molar-refractivity contribution in [3.8, 4) is 0 Å². The molecule has 1 unspecified atom stereocenters. The summed E-state index contributed by atoms with van der Waals surface area (Å²) in [6.45, 7) is 16.4. The van der Waals surface area contributed by atoms with E-state index >= 15 is 0 Å². The molecular formula is C22H33N3. The number of nitrogens with one attached hydrogen (secondary N) is 1. The van der Waals surface area contributed by atoms with E-state index in [1.807, 2.05) is 25.3 Å². The first-order valence-electron chi connectivity index (χ1n) is 8.95. The number of nitrogen functional groups attached to an aromatic ring is 1. The van der Waals surface area contributed by atoms with Crippen LogP contribution in [0.25, 0.3) is 0 Å². The molecule has 0 saturated carbocycles. The maximum absolute atomic E-state index is 5.84. The number of pyridine rings is 1. The summed E-state index contributed by atoms with van der Waals surface area (Å²) in [4.78, 5) is 4.51. The van der Waals surface area contributed by atoms with E-state index in [0.717, 1.165) is 29.8 Å². The third-order valence-electron chi connectivity index (χ3n) is 4.48. The summed E-state index contributed by atoms with van der Waals surface area (Å²) in [7, 11) is 1.95. The molecule has 0 aliphatic heterocycles. The van der Waals surface area contributed by atoms with E-state index in [4.69, 9.17) is 5.73 Å². The second kappa shape index (κ2) is 9.26. The minimum atomic E-state index is -0.152. The van der Waals surface area contributed by atoms with Crippen LogP contribution in [0.4, 0.5) is 5.82 Å². The number of hydrogen-bond acceptors (Lipinski definition) is 3. The monoisotopic (exact) mass is 339 g/mol. The zero-order valence-electron chi connectivity index (χ0n) is 16.4. The van der Waals surface area contributed by atoms with Gasteiger partial charge in [-0.25, -0.2) is 4.98 Å². The highest BCUT2D eigenvalue weighted by Crippen LogP contribution is 2.45. The van der Waals surface area contributed by atoms with E-state index in [1.54, 1.807) is 0 Å². The van der Waals surface area contributed by atoms with Gasteiger partial charge in [0.05, 0.1) is 0 Å². The Balaban J connectivity index is 0.000000970. The van der Waals surface area contributed by atoms with Crippen molar-refractivity contribution in [2.45, 2.75) is 47.0 Å². The number of nitrogens with two attached hydrogens (primary N) is 1. The van der Waals surface area contributed by atoms with Crippen molar-refractivity contribution in [2.75, 3.05) is 12.8 Å². The van der Waals surface area contributed by atoms with Crippen LogP contribution in [-0.4, -0.2) is 12.0 Å². The molecule has 0 fully saturated rings. The summed E-state index contributed by atoms with van der Waals surface area (Å²) in [5, 5.41) is 3.28. The lowest BCUT2D eigenvalue weighted by Crippen LogP contribution is -2.24. The van der Waals surface area contributed by atoms with Crippen LogP contribution in [0.5, 0.6) is 0 Å². The van der Waals surface area contributed by atoms with Gasteiger partial charge in [-0.15, -0.1) is 6.58 Å². The normalized spacial score (nSPS) is 20.0. The molecule has 25 heavy (non-hydrogen) atoms. The van der Waals surface area contributed by atoms with Crippen LogP contribution in [0.1, 0.15) is 45.4 Å². The molecule has 1 heterocycles. The number of rotatable bonds is 5. The van der Waals surface area contributed by atoms with E-state index in [-0.39, 0.29) is 5.41 Å². The first-order valence-corrected chi connectivity index (χ1v) is 8.95. The molecule has 1 atom stereocenters. The van der Waals surface area contributed by atoms with Crippen molar-refractivity contribution in [1.82, 2.24) is 10.3 Å². The lowest BCUT2D eigenvalue weighted by Gasteiger charge is -2.29. The zero-order valence-corrected chi connectivity index (χ0v) is 16.4. The summed E-state index contributed by atoms with van der Waals surface area (Å²) in [6, 6.07) is 3.95. The molecular weight excluding hydrogens is 306 g/mol. The summed E-state index contributed by atoms with van der Waals surface area (Å²) in [6.07, 6.45) is 9.09. The van der Waals surface area contributed by atoms with Crippen LogP contribution < -0.4 is 11.1 Å². The van der Waals surface area contributed by atoms with E-state index in [0.29, 0.717) is 5.82 Å². The first-order chi connectivity index (χ1) is 11.9. The molecule has 2 rings (SSSR count). The van der Waals surface area contributed by atoms with Crippen molar-refractivity contribution in [3.63, 3.8) is 0 Å². The summed E-state index contributed by atoms with van der Waals surface area (Å²) < 4.78 is 0. The Kier molecular flexibility index (Phi) is 7.69. The molecule has 1 aromatic rings. The van der Waals surface area contributed by atoms with Crippen molar-refractivity contribution in [3.05, 3.63) is 71.6 Å². The fourth-order valence-corrected chi connectivity index (χ4v) is 3.05. The first kappa shape index (κ1) is 20.8. The topological polar surface area (TPSA) is 50.9 Å². The van der Waals surface area contributed by atoms with Crippen LogP contribution in [0, 0.1) is 5.41 Å². The molecule has 0 aromatic carbocycles. The fourth-order valence-electron chi connectivity index (χ4n) is 3.05. The molecule has 0 saturated heterocycles. The van der Waals surface area contributed by atoms with Gasteiger partial charge >= 0.3 is 0 Å². The van der Waals surface area contributed by atoms with Crippen molar-refractivity contribution < 1.29 is 0 Å². The molecule has 1 aliphatic carbocycles. The molecule has 1 aromatic heterocycles. The molecule has 3 heteroatoms. The Morgan fingerprint density at radius 3 is 2.44 bits per heavy atom. The smallest absolute Gasteiger partial charge is 0.123 e. The van der Waals surface area contributed by atoms with Crippen LogP contribution in [0.2, 0.25) is 0 Å². The number of allylic oxidation sites excluding steroid dienone is 6. The molecule has 3 nitrogen and oxygen atoms in total. The van der Waals surface area contributed by atoms with E-state index in [9.17, 15) is 0 Å². The van der Waals surface area contributed by atoms with Gasteiger partial charge in [-0.05, 0) is 37.5 Å². The second-order valence-corrected chi connectivity index (χ2v) is 6.64. The van der Waals surface area contributed by atoms with Gasteiger partial charge in [0.2, 0.25) is 0 Å². The Morgan fingerprint density at radius 1 is 1.28 bits per heavy atom. The quantitative estimate of drug-likeness (QED) is 0.588. The zero-order chi connectivity index (χ0) is 19.0. The Bertz CT molecular complexity index is 683. The summed E-state index contributed by atoms with van der Waals surface area (Å²) >= 11 is 0. The van der Waals surface area contributed by atoms with Crippen LogP contribution >= 0.6 is 0 Å². The van der Waals surface area contributed by atoms with Gasteiger partial charge in [-0.3, -0.25) is 0 Å². The van der Waals surface area contributed by atoms with Crippen LogP contribution in [0.3, 0.4) is 0 Å². The number of aromatic nitrogens is 1. The van der Waals surface area contributed by atoms with Crippen molar-refractivity contribution in [2.24, 2.45) is 5.41 Å². The van der Waals surface area contributed by atoms with Gasteiger partial charge in [0.1, 0.15) is 5.82 Å². The third kappa shape index (κ3) is 4.85. The maximum atomic E-state index is 5.84.